The van der Waals surface area contributed by atoms with Crippen LogP contribution in [0.15, 0.2) is 67.5 Å². The van der Waals surface area contributed by atoms with Crippen LogP contribution in [0.1, 0.15) is 11.1 Å². The van der Waals surface area contributed by atoms with E-state index in [1.54, 1.807) is 17.3 Å². The monoisotopic (exact) mass is 344 g/mol. The molecule has 0 aliphatic rings. The summed E-state index contributed by atoms with van der Waals surface area (Å²) in [5.41, 5.74) is 5.59. The number of aromatic nitrogens is 5. The van der Waals surface area contributed by atoms with Crippen LogP contribution in [0.4, 0.5) is 5.69 Å². The third-order valence-electron chi connectivity index (χ3n) is 4.37. The van der Waals surface area contributed by atoms with Gasteiger partial charge in [-0.3, -0.25) is 0 Å². The fourth-order valence-electron chi connectivity index (χ4n) is 3.03. The SMILES string of the molecule is Cc1cc(CNc2cccc(-c3nccn3C)c2)ccc1-n1cncn1. The van der Waals surface area contributed by atoms with Crippen LogP contribution in [0.3, 0.4) is 0 Å². The average Bonchev–Trinajstić information content (AvgIpc) is 3.32. The zero-order valence-electron chi connectivity index (χ0n) is 14.8. The van der Waals surface area contributed by atoms with E-state index >= 15 is 0 Å². The van der Waals surface area contributed by atoms with E-state index in [-0.39, 0.29) is 0 Å². The molecule has 1 N–H and O–H groups in total. The summed E-state index contributed by atoms with van der Waals surface area (Å²) in [6, 6.07) is 14.7. The molecule has 0 atom stereocenters. The molecule has 0 radical (unpaired) electrons. The number of benzene rings is 2. The molecule has 0 saturated heterocycles. The summed E-state index contributed by atoms with van der Waals surface area (Å²) in [5.74, 6) is 0.960. The topological polar surface area (TPSA) is 60.6 Å². The van der Waals surface area contributed by atoms with Crippen LogP contribution in [0.25, 0.3) is 17.1 Å². The minimum atomic E-state index is 0.752. The predicted molar refractivity (Wildman–Crippen MR) is 102 cm³/mol. The molecule has 0 aliphatic heterocycles. The lowest BCUT2D eigenvalue weighted by Crippen LogP contribution is -2.03. The maximum absolute atomic E-state index is 4.41. The van der Waals surface area contributed by atoms with Crippen LogP contribution in [0.2, 0.25) is 0 Å². The van der Waals surface area contributed by atoms with Crippen molar-refractivity contribution in [1.29, 1.82) is 0 Å². The van der Waals surface area contributed by atoms with Crippen molar-refractivity contribution in [3.63, 3.8) is 0 Å². The number of aryl methyl sites for hydroxylation is 2. The fraction of sp³-hybridized carbons (Fsp3) is 0.150. The molecule has 6 heteroatoms. The molecule has 4 rings (SSSR count). The van der Waals surface area contributed by atoms with Gasteiger partial charge >= 0.3 is 0 Å². The van der Waals surface area contributed by atoms with Crippen molar-refractivity contribution >= 4 is 5.69 Å². The minimum Gasteiger partial charge on any atom is -0.381 e. The Bertz CT molecular complexity index is 1020. The van der Waals surface area contributed by atoms with Gasteiger partial charge in [-0.2, -0.15) is 5.10 Å². The standard InChI is InChI=1S/C20H20N6/c1-15-10-16(6-7-19(15)26-14-21-13-24-26)12-23-18-5-3-4-17(11-18)20-22-8-9-25(20)2/h3-11,13-14,23H,12H2,1-2H3. The van der Waals surface area contributed by atoms with Gasteiger partial charge in [0.15, 0.2) is 0 Å². The highest BCUT2D eigenvalue weighted by Crippen LogP contribution is 2.21. The molecule has 0 spiro atoms. The lowest BCUT2D eigenvalue weighted by Gasteiger charge is -2.11. The molecule has 2 aromatic carbocycles. The maximum atomic E-state index is 4.41. The molecule has 0 aliphatic carbocycles. The van der Waals surface area contributed by atoms with E-state index in [9.17, 15) is 0 Å². The second-order valence-electron chi connectivity index (χ2n) is 6.26. The van der Waals surface area contributed by atoms with Crippen molar-refractivity contribution in [1.82, 2.24) is 24.3 Å². The molecule has 0 saturated carbocycles. The highest BCUT2D eigenvalue weighted by molar-refractivity contribution is 5.62. The molecule has 2 aromatic heterocycles. The Hall–Kier alpha value is -3.41. The quantitative estimate of drug-likeness (QED) is 0.601. The third-order valence-corrected chi connectivity index (χ3v) is 4.37. The summed E-state index contributed by atoms with van der Waals surface area (Å²) in [5, 5.41) is 7.69. The summed E-state index contributed by atoms with van der Waals surface area (Å²) in [7, 11) is 2.00. The Labute approximate surface area is 152 Å². The van der Waals surface area contributed by atoms with E-state index in [1.807, 2.05) is 30.1 Å². The second kappa shape index (κ2) is 6.84. The van der Waals surface area contributed by atoms with Crippen molar-refractivity contribution in [3.8, 4) is 17.1 Å². The van der Waals surface area contributed by atoms with Crippen molar-refractivity contribution in [2.24, 2.45) is 7.05 Å². The number of hydrogen-bond acceptors (Lipinski definition) is 4. The number of anilines is 1. The molecule has 0 amide bonds. The van der Waals surface area contributed by atoms with E-state index in [1.165, 1.54) is 5.56 Å². The van der Waals surface area contributed by atoms with Gasteiger partial charge in [0.1, 0.15) is 18.5 Å². The number of imidazole rings is 1. The van der Waals surface area contributed by atoms with Crippen LogP contribution < -0.4 is 5.32 Å². The first-order chi connectivity index (χ1) is 12.7. The minimum absolute atomic E-state index is 0.752. The Kier molecular flexibility index (Phi) is 4.23. The van der Waals surface area contributed by atoms with Gasteiger partial charge in [-0.15, -0.1) is 0 Å². The van der Waals surface area contributed by atoms with Gasteiger partial charge in [-0.05, 0) is 36.2 Å². The number of nitrogens with one attached hydrogen (secondary N) is 1. The smallest absolute Gasteiger partial charge is 0.139 e. The molecule has 26 heavy (non-hydrogen) atoms. The molecule has 0 bridgehead atoms. The second-order valence-corrected chi connectivity index (χ2v) is 6.26. The molecule has 6 nitrogen and oxygen atoms in total. The van der Waals surface area contributed by atoms with Crippen LogP contribution in [0, 0.1) is 6.92 Å². The molecule has 0 fully saturated rings. The highest BCUT2D eigenvalue weighted by Gasteiger charge is 2.05. The van der Waals surface area contributed by atoms with E-state index in [4.69, 9.17) is 0 Å². The van der Waals surface area contributed by atoms with Gasteiger partial charge in [-0.1, -0.05) is 24.3 Å². The Morgan fingerprint density at radius 1 is 1.12 bits per heavy atom. The van der Waals surface area contributed by atoms with Crippen LogP contribution in [0.5, 0.6) is 0 Å². The van der Waals surface area contributed by atoms with Crippen molar-refractivity contribution < 1.29 is 0 Å². The summed E-state index contributed by atoms with van der Waals surface area (Å²) in [4.78, 5) is 8.42. The fourth-order valence-corrected chi connectivity index (χ4v) is 3.03. The largest absolute Gasteiger partial charge is 0.381 e. The summed E-state index contributed by atoms with van der Waals surface area (Å²) in [6.45, 7) is 2.84. The molecule has 130 valence electrons. The van der Waals surface area contributed by atoms with Crippen molar-refractivity contribution in [2.75, 3.05) is 5.32 Å². The first-order valence-electron chi connectivity index (χ1n) is 8.47. The van der Waals surface area contributed by atoms with E-state index in [0.717, 1.165) is 34.9 Å². The van der Waals surface area contributed by atoms with Gasteiger partial charge in [0.25, 0.3) is 0 Å². The lowest BCUT2D eigenvalue weighted by atomic mass is 10.1. The Balaban J connectivity index is 1.49. The molecule has 4 aromatic rings. The zero-order chi connectivity index (χ0) is 17.9. The first kappa shape index (κ1) is 16.1. The lowest BCUT2D eigenvalue weighted by molar-refractivity contribution is 0.869. The van der Waals surface area contributed by atoms with Gasteiger partial charge in [0, 0.05) is 37.2 Å². The number of hydrogen-bond donors (Lipinski definition) is 1. The average molecular weight is 344 g/mol. The summed E-state index contributed by atoms with van der Waals surface area (Å²) in [6.07, 6.45) is 7.02. The number of rotatable bonds is 5. The normalized spacial score (nSPS) is 10.8. The van der Waals surface area contributed by atoms with Crippen LogP contribution in [-0.4, -0.2) is 24.3 Å². The highest BCUT2D eigenvalue weighted by atomic mass is 15.3. The molecule has 0 unspecified atom stereocenters. The van der Waals surface area contributed by atoms with Crippen molar-refractivity contribution in [3.05, 3.63) is 78.6 Å². The molecule has 2 heterocycles. The van der Waals surface area contributed by atoms with E-state index in [2.05, 4.69) is 63.7 Å². The third kappa shape index (κ3) is 3.21. The van der Waals surface area contributed by atoms with E-state index in [0.29, 0.717) is 0 Å². The zero-order valence-corrected chi connectivity index (χ0v) is 14.8. The first-order valence-corrected chi connectivity index (χ1v) is 8.47. The van der Waals surface area contributed by atoms with Gasteiger partial charge in [0.2, 0.25) is 0 Å². The number of nitrogens with zero attached hydrogens (tertiary/aromatic N) is 5. The van der Waals surface area contributed by atoms with Crippen molar-refractivity contribution in [2.45, 2.75) is 13.5 Å². The Morgan fingerprint density at radius 3 is 2.77 bits per heavy atom. The van der Waals surface area contributed by atoms with Gasteiger partial charge < -0.3 is 9.88 Å². The van der Waals surface area contributed by atoms with Gasteiger partial charge in [-0.25, -0.2) is 14.6 Å². The predicted octanol–water partition coefficient (Wildman–Crippen LogP) is 3.59. The summed E-state index contributed by atoms with van der Waals surface area (Å²) >= 11 is 0. The van der Waals surface area contributed by atoms with Crippen LogP contribution in [-0.2, 0) is 13.6 Å². The van der Waals surface area contributed by atoms with Crippen LogP contribution >= 0.6 is 0 Å². The van der Waals surface area contributed by atoms with E-state index < -0.39 is 0 Å². The van der Waals surface area contributed by atoms with Gasteiger partial charge in [0.05, 0.1) is 5.69 Å². The summed E-state index contributed by atoms with van der Waals surface area (Å²) < 4.78 is 3.80. The molecular formula is C20H20N6. The molecular weight excluding hydrogens is 324 g/mol. The Morgan fingerprint density at radius 2 is 2.04 bits per heavy atom. The maximum Gasteiger partial charge on any atom is 0.139 e.